The number of carbonyl (C=O) groups excluding carboxylic acids is 2. The highest BCUT2D eigenvalue weighted by molar-refractivity contribution is 5.90. The van der Waals surface area contributed by atoms with Crippen LogP contribution in [0.15, 0.2) is 24.3 Å². The monoisotopic (exact) mass is 303 g/mol. The highest BCUT2D eigenvalue weighted by Gasteiger charge is 2.35. The molecule has 1 unspecified atom stereocenters. The number of hydrogen-bond donors (Lipinski definition) is 2. The van der Waals surface area contributed by atoms with Crippen LogP contribution in [-0.4, -0.2) is 49.5 Å². The zero-order chi connectivity index (χ0) is 15.5. The minimum Gasteiger partial charge on any atom is -0.497 e. The van der Waals surface area contributed by atoms with E-state index in [1.807, 2.05) is 24.3 Å². The summed E-state index contributed by atoms with van der Waals surface area (Å²) in [5.41, 5.74) is 1.06. The van der Waals surface area contributed by atoms with Gasteiger partial charge in [0.2, 0.25) is 11.8 Å². The van der Waals surface area contributed by atoms with E-state index in [4.69, 9.17) is 4.74 Å². The van der Waals surface area contributed by atoms with E-state index < -0.39 is 0 Å². The van der Waals surface area contributed by atoms with Crippen molar-refractivity contribution in [3.05, 3.63) is 29.8 Å². The predicted molar refractivity (Wildman–Crippen MR) is 81.3 cm³/mol. The van der Waals surface area contributed by atoms with E-state index in [1.165, 1.54) is 0 Å². The molecule has 2 fully saturated rings. The van der Waals surface area contributed by atoms with E-state index in [0.29, 0.717) is 32.6 Å². The van der Waals surface area contributed by atoms with Crippen LogP contribution in [0.2, 0.25) is 0 Å². The summed E-state index contributed by atoms with van der Waals surface area (Å²) in [6, 6.07) is 7.32. The Balaban J connectivity index is 1.54. The Morgan fingerprint density at radius 1 is 1.36 bits per heavy atom. The lowest BCUT2D eigenvalue weighted by molar-refractivity contribution is -0.134. The molecule has 3 rings (SSSR count). The third-order valence-corrected chi connectivity index (χ3v) is 4.30. The Morgan fingerprint density at radius 2 is 2.09 bits per heavy atom. The van der Waals surface area contributed by atoms with Crippen LogP contribution in [0, 0.1) is 5.92 Å². The highest BCUT2D eigenvalue weighted by Crippen LogP contribution is 2.18. The van der Waals surface area contributed by atoms with Crippen molar-refractivity contribution in [3.8, 4) is 5.75 Å². The standard InChI is InChI=1S/C16H21N3O3/c1-22-13-4-2-11(3-5-13)10-19-7-6-14(16(19)21)18-15(20)12-8-17-9-12/h2-5,12,14,17H,6-10H2,1H3,(H,18,20). The summed E-state index contributed by atoms with van der Waals surface area (Å²) >= 11 is 0. The summed E-state index contributed by atoms with van der Waals surface area (Å²) in [5, 5.41) is 5.94. The second kappa shape index (κ2) is 6.36. The fourth-order valence-corrected chi connectivity index (χ4v) is 2.74. The Kier molecular flexibility index (Phi) is 4.29. The van der Waals surface area contributed by atoms with Crippen molar-refractivity contribution in [1.82, 2.24) is 15.5 Å². The number of benzene rings is 1. The maximum absolute atomic E-state index is 12.4. The van der Waals surface area contributed by atoms with Crippen LogP contribution in [0.5, 0.6) is 5.75 Å². The summed E-state index contributed by atoms with van der Waals surface area (Å²) in [7, 11) is 1.63. The Hall–Kier alpha value is -2.08. The molecule has 0 aliphatic carbocycles. The van der Waals surface area contributed by atoms with Gasteiger partial charge in [0.15, 0.2) is 0 Å². The lowest BCUT2D eigenvalue weighted by Crippen LogP contribution is -2.53. The van der Waals surface area contributed by atoms with Gasteiger partial charge in [-0.15, -0.1) is 0 Å². The number of methoxy groups -OCH3 is 1. The Bertz CT molecular complexity index is 554. The number of amides is 2. The molecule has 6 nitrogen and oxygen atoms in total. The summed E-state index contributed by atoms with van der Waals surface area (Å²) in [6.45, 7) is 2.67. The molecule has 1 aromatic rings. The van der Waals surface area contributed by atoms with E-state index in [-0.39, 0.29) is 23.8 Å². The van der Waals surface area contributed by atoms with Crippen molar-refractivity contribution in [1.29, 1.82) is 0 Å². The third-order valence-electron chi connectivity index (χ3n) is 4.30. The summed E-state index contributed by atoms with van der Waals surface area (Å²) in [5.74, 6) is 0.819. The first kappa shape index (κ1) is 14.8. The van der Waals surface area contributed by atoms with Crippen molar-refractivity contribution in [2.45, 2.75) is 19.0 Å². The van der Waals surface area contributed by atoms with E-state index in [2.05, 4.69) is 10.6 Å². The number of nitrogens with zero attached hydrogens (tertiary/aromatic N) is 1. The molecule has 2 heterocycles. The minimum absolute atomic E-state index is 0.0106. The first-order valence-electron chi connectivity index (χ1n) is 7.60. The number of nitrogens with one attached hydrogen (secondary N) is 2. The van der Waals surface area contributed by atoms with Gasteiger partial charge >= 0.3 is 0 Å². The van der Waals surface area contributed by atoms with Gasteiger partial charge in [-0.25, -0.2) is 0 Å². The second-order valence-corrected chi connectivity index (χ2v) is 5.81. The van der Waals surface area contributed by atoms with Gasteiger partial charge in [-0.1, -0.05) is 12.1 Å². The molecular weight excluding hydrogens is 282 g/mol. The van der Waals surface area contributed by atoms with Crippen LogP contribution in [0.3, 0.4) is 0 Å². The van der Waals surface area contributed by atoms with Crippen molar-refractivity contribution in [2.75, 3.05) is 26.7 Å². The molecule has 2 saturated heterocycles. The molecule has 1 atom stereocenters. The zero-order valence-electron chi connectivity index (χ0n) is 12.7. The van der Waals surface area contributed by atoms with E-state index in [9.17, 15) is 9.59 Å². The molecule has 22 heavy (non-hydrogen) atoms. The summed E-state index contributed by atoms with van der Waals surface area (Å²) < 4.78 is 5.13. The van der Waals surface area contributed by atoms with Crippen LogP contribution in [0.25, 0.3) is 0 Å². The smallest absolute Gasteiger partial charge is 0.245 e. The molecule has 2 aliphatic heterocycles. The van der Waals surface area contributed by atoms with Crippen LogP contribution in [-0.2, 0) is 16.1 Å². The largest absolute Gasteiger partial charge is 0.497 e. The average Bonchev–Trinajstić information content (AvgIpc) is 2.79. The highest BCUT2D eigenvalue weighted by atomic mass is 16.5. The fraction of sp³-hybridized carbons (Fsp3) is 0.500. The van der Waals surface area contributed by atoms with Crippen molar-refractivity contribution in [3.63, 3.8) is 0 Å². The van der Waals surface area contributed by atoms with Gasteiger partial charge in [0.05, 0.1) is 13.0 Å². The van der Waals surface area contributed by atoms with Gasteiger partial charge in [-0.3, -0.25) is 9.59 Å². The lowest BCUT2D eigenvalue weighted by Gasteiger charge is -2.27. The lowest BCUT2D eigenvalue weighted by atomic mass is 10.0. The number of carbonyl (C=O) groups is 2. The molecule has 2 aliphatic rings. The molecular formula is C16H21N3O3. The first-order valence-corrected chi connectivity index (χ1v) is 7.60. The zero-order valence-corrected chi connectivity index (χ0v) is 12.7. The SMILES string of the molecule is COc1ccc(CN2CCC(NC(=O)C3CNC3)C2=O)cc1. The maximum atomic E-state index is 12.4. The van der Waals surface area contributed by atoms with Crippen molar-refractivity contribution in [2.24, 2.45) is 5.92 Å². The number of hydrogen-bond acceptors (Lipinski definition) is 4. The molecule has 6 heteroatoms. The molecule has 0 spiro atoms. The minimum atomic E-state index is -0.369. The van der Waals surface area contributed by atoms with Crippen LogP contribution in [0.4, 0.5) is 0 Å². The molecule has 0 saturated carbocycles. The second-order valence-electron chi connectivity index (χ2n) is 5.81. The fourth-order valence-electron chi connectivity index (χ4n) is 2.74. The van der Waals surface area contributed by atoms with Gasteiger partial charge in [-0.2, -0.15) is 0 Å². The molecule has 1 aromatic carbocycles. The van der Waals surface area contributed by atoms with Gasteiger partial charge in [-0.05, 0) is 24.1 Å². The Labute approximate surface area is 129 Å². The first-order chi connectivity index (χ1) is 10.7. The maximum Gasteiger partial charge on any atom is 0.245 e. The number of ether oxygens (including phenoxy) is 1. The van der Waals surface area contributed by atoms with E-state index in [1.54, 1.807) is 12.0 Å². The molecule has 118 valence electrons. The number of rotatable bonds is 5. The normalized spacial score (nSPS) is 21.6. The van der Waals surface area contributed by atoms with Crippen LogP contribution >= 0.6 is 0 Å². The van der Waals surface area contributed by atoms with Gasteiger partial charge in [0, 0.05) is 26.2 Å². The average molecular weight is 303 g/mol. The number of likely N-dealkylation sites (tertiary alicyclic amines) is 1. The summed E-state index contributed by atoms with van der Waals surface area (Å²) in [6.07, 6.45) is 0.681. The van der Waals surface area contributed by atoms with Gasteiger partial charge in [0.25, 0.3) is 0 Å². The van der Waals surface area contributed by atoms with E-state index in [0.717, 1.165) is 11.3 Å². The van der Waals surface area contributed by atoms with Crippen LogP contribution < -0.4 is 15.4 Å². The third kappa shape index (κ3) is 3.06. The van der Waals surface area contributed by atoms with Gasteiger partial charge in [0.1, 0.15) is 11.8 Å². The summed E-state index contributed by atoms with van der Waals surface area (Å²) in [4.78, 5) is 26.1. The van der Waals surface area contributed by atoms with E-state index >= 15 is 0 Å². The molecule has 0 bridgehead atoms. The van der Waals surface area contributed by atoms with Crippen molar-refractivity contribution < 1.29 is 14.3 Å². The van der Waals surface area contributed by atoms with Crippen LogP contribution in [0.1, 0.15) is 12.0 Å². The molecule has 0 radical (unpaired) electrons. The quantitative estimate of drug-likeness (QED) is 0.811. The Morgan fingerprint density at radius 3 is 2.68 bits per heavy atom. The van der Waals surface area contributed by atoms with Gasteiger partial charge < -0.3 is 20.3 Å². The molecule has 2 amide bonds. The molecule has 0 aromatic heterocycles. The predicted octanol–water partition coefficient (Wildman–Crippen LogP) is 0.132. The topological polar surface area (TPSA) is 70.7 Å². The van der Waals surface area contributed by atoms with Crippen molar-refractivity contribution >= 4 is 11.8 Å². The molecule has 2 N–H and O–H groups in total.